The quantitative estimate of drug-likeness (QED) is 0.663. The Labute approximate surface area is 167 Å². The van der Waals surface area contributed by atoms with Crippen LogP contribution in [0.5, 0.6) is 0 Å². The minimum absolute atomic E-state index is 0.777. The Hall–Kier alpha value is -2.50. The van der Waals surface area contributed by atoms with Crippen molar-refractivity contribution in [1.29, 1.82) is 0 Å². The standard InChI is InChI=1S/C23H29N5/c1-19-5-3-7-21(13-19)15-26-9-11-27(12-10-26)17-23-18-28(25-24-23)16-22-8-4-6-20(2)14-22/h3-8,13-14,18H,9-12,15-17H2,1-2H3. The second kappa shape index (κ2) is 8.67. The predicted molar refractivity (Wildman–Crippen MR) is 112 cm³/mol. The molecular weight excluding hydrogens is 346 g/mol. The first kappa shape index (κ1) is 18.8. The van der Waals surface area contributed by atoms with Crippen LogP contribution in [0.15, 0.2) is 54.7 Å². The number of piperazine rings is 1. The van der Waals surface area contributed by atoms with E-state index in [2.05, 4.69) is 88.7 Å². The summed E-state index contributed by atoms with van der Waals surface area (Å²) in [7, 11) is 0. The Morgan fingerprint density at radius 1 is 0.750 bits per heavy atom. The smallest absolute Gasteiger partial charge is 0.0967 e. The molecule has 4 rings (SSSR count). The average molecular weight is 376 g/mol. The molecular formula is C23H29N5. The molecule has 0 unspecified atom stereocenters. The fraction of sp³-hybridized carbons (Fsp3) is 0.391. The molecule has 1 fully saturated rings. The van der Waals surface area contributed by atoms with Crippen LogP contribution in [0.4, 0.5) is 0 Å². The molecule has 1 aromatic heterocycles. The van der Waals surface area contributed by atoms with Gasteiger partial charge in [-0.15, -0.1) is 5.10 Å². The summed E-state index contributed by atoms with van der Waals surface area (Å²) in [5.74, 6) is 0. The molecule has 1 saturated heterocycles. The van der Waals surface area contributed by atoms with Crippen molar-refractivity contribution in [3.63, 3.8) is 0 Å². The molecule has 1 aliphatic rings. The zero-order chi connectivity index (χ0) is 19.3. The minimum Gasteiger partial charge on any atom is -0.297 e. The van der Waals surface area contributed by atoms with Gasteiger partial charge in [-0.05, 0) is 25.0 Å². The largest absolute Gasteiger partial charge is 0.297 e. The number of hydrogen-bond donors (Lipinski definition) is 0. The summed E-state index contributed by atoms with van der Waals surface area (Å²) in [4.78, 5) is 5.02. The lowest BCUT2D eigenvalue weighted by Crippen LogP contribution is -2.45. The molecule has 3 aromatic rings. The number of hydrogen-bond acceptors (Lipinski definition) is 4. The first-order valence-corrected chi connectivity index (χ1v) is 10.1. The van der Waals surface area contributed by atoms with E-state index < -0.39 is 0 Å². The topological polar surface area (TPSA) is 37.2 Å². The summed E-state index contributed by atoms with van der Waals surface area (Å²) < 4.78 is 1.94. The highest BCUT2D eigenvalue weighted by atomic mass is 15.4. The second-order valence-electron chi connectivity index (χ2n) is 7.94. The Morgan fingerprint density at radius 3 is 1.93 bits per heavy atom. The third-order valence-electron chi connectivity index (χ3n) is 5.35. The third-order valence-corrected chi connectivity index (χ3v) is 5.35. The van der Waals surface area contributed by atoms with Gasteiger partial charge in [-0.3, -0.25) is 9.80 Å². The summed E-state index contributed by atoms with van der Waals surface area (Å²) >= 11 is 0. The Balaban J connectivity index is 1.26. The van der Waals surface area contributed by atoms with Gasteiger partial charge >= 0.3 is 0 Å². The van der Waals surface area contributed by atoms with Crippen LogP contribution in [0.1, 0.15) is 27.9 Å². The highest BCUT2D eigenvalue weighted by molar-refractivity contribution is 5.23. The molecule has 0 N–H and O–H groups in total. The summed E-state index contributed by atoms with van der Waals surface area (Å²) in [5, 5.41) is 8.70. The normalized spacial score (nSPS) is 15.8. The molecule has 146 valence electrons. The summed E-state index contributed by atoms with van der Waals surface area (Å²) in [5.41, 5.74) is 6.35. The van der Waals surface area contributed by atoms with E-state index in [0.29, 0.717) is 0 Å². The Kier molecular flexibility index (Phi) is 5.84. The van der Waals surface area contributed by atoms with Gasteiger partial charge in [0.25, 0.3) is 0 Å². The van der Waals surface area contributed by atoms with Crippen molar-refractivity contribution in [2.45, 2.75) is 33.5 Å². The maximum absolute atomic E-state index is 4.38. The van der Waals surface area contributed by atoms with Gasteiger partial charge in [0.05, 0.1) is 18.4 Å². The lowest BCUT2D eigenvalue weighted by atomic mass is 10.1. The van der Waals surface area contributed by atoms with Crippen LogP contribution in [-0.2, 0) is 19.6 Å². The zero-order valence-electron chi connectivity index (χ0n) is 16.9. The lowest BCUT2D eigenvalue weighted by Gasteiger charge is -2.34. The van der Waals surface area contributed by atoms with Gasteiger partial charge in [0.2, 0.25) is 0 Å². The predicted octanol–water partition coefficient (Wildman–Crippen LogP) is 3.26. The van der Waals surface area contributed by atoms with Crippen LogP contribution in [0.2, 0.25) is 0 Å². The highest BCUT2D eigenvalue weighted by Crippen LogP contribution is 2.12. The van der Waals surface area contributed by atoms with E-state index in [1.165, 1.54) is 22.3 Å². The van der Waals surface area contributed by atoms with Gasteiger partial charge < -0.3 is 0 Å². The van der Waals surface area contributed by atoms with Crippen LogP contribution in [0, 0.1) is 13.8 Å². The Bertz CT molecular complexity index is 909. The van der Waals surface area contributed by atoms with Gasteiger partial charge in [-0.25, -0.2) is 4.68 Å². The molecule has 0 aliphatic carbocycles. The molecule has 0 amide bonds. The first-order chi connectivity index (χ1) is 13.6. The number of nitrogens with zero attached hydrogens (tertiary/aromatic N) is 5. The van der Waals surface area contributed by atoms with Crippen LogP contribution in [0.3, 0.4) is 0 Å². The number of aromatic nitrogens is 3. The molecule has 0 spiro atoms. The molecule has 2 heterocycles. The third kappa shape index (κ3) is 5.06. The molecule has 2 aromatic carbocycles. The zero-order valence-corrected chi connectivity index (χ0v) is 16.9. The molecule has 28 heavy (non-hydrogen) atoms. The van der Waals surface area contributed by atoms with Gasteiger partial charge in [0.1, 0.15) is 0 Å². The van der Waals surface area contributed by atoms with E-state index in [1.807, 2.05) is 4.68 Å². The molecule has 0 radical (unpaired) electrons. The fourth-order valence-corrected chi connectivity index (χ4v) is 3.89. The van der Waals surface area contributed by atoms with Crippen molar-refractivity contribution < 1.29 is 0 Å². The van der Waals surface area contributed by atoms with Gasteiger partial charge in [-0.1, -0.05) is 64.9 Å². The fourth-order valence-electron chi connectivity index (χ4n) is 3.89. The summed E-state index contributed by atoms with van der Waals surface area (Å²) in [6.45, 7) is 11.3. The van der Waals surface area contributed by atoms with E-state index in [-0.39, 0.29) is 0 Å². The van der Waals surface area contributed by atoms with Crippen LogP contribution in [-0.4, -0.2) is 51.0 Å². The lowest BCUT2D eigenvalue weighted by molar-refractivity contribution is 0.121. The van der Waals surface area contributed by atoms with Gasteiger partial charge in [-0.2, -0.15) is 0 Å². The number of rotatable bonds is 6. The van der Waals surface area contributed by atoms with Crippen LogP contribution < -0.4 is 0 Å². The minimum atomic E-state index is 0.777. The first-order valence-electron chi connectivity index (χ1n) is 10.1. The van der Waals surface area contributed by atoms with Crippen LogP contribution in [0.25, 0.3) is 0 Å². The van der Waals surface area contributed by atoms with E-state index in [4.69, 9.17) is 0 Å². The number of aryl methyl sites for hydroxylation is 2. The van der Waals surface area contributed by atoms with E-state index in [0.717, 1.165) is 51.5 Å². The maximum Gasteiger partial charge on any atom is 0.0967 e. The van der Waals surface area contributed by atoms with Crippen molar-refractivity contribution >= 4 is 0 Å². The van der Waals surface area contributed by atoms with Gasteiger partial charge in [0.15, 0.2) is 0 Å². The molecule has 0 atom stereocenters. The Morgan fingerprint density at radius 2 is 1.32 bits per heavy atom. The molecule has 1 aliphatic heterocycles. The summed E-state index contributed by atoms with van der Waals surface area (Å²) in [6.07, 6.45) is 2.08. The average Bonchev–Trinajstić information content (AvgIpc) is 3.10. The maximum atomic E-state index is 4.38. The van der Waals surface area contributed by atoms with Crippen molar-refractivity contribution in [1.82, 2.24) is 24.8 Å². The SMILES string of the molecule is Cc1cccc(CN2CCN(Cc3cn(Cc4cccc(C)c4)nn3)CC2)c1. The molecule has 5 nitrogen and oxygen atoms in total. The van der Waals surface area contributed by atoms with Crippen LogP contribution >= 0.6 is 0 Å². The monoisotopic (exact) mass is 375 g/mol. The van der Waals surface area contributed by atoms with Gasteiger partial charge in [0, 0.05) is 39.3 Å². The highest BCUT2D eigenvalue weighted by Gasteiger charge is 2.18. The molecule has 0 bridgehead atoms. The van der Waals surface area contributed by atoms with Crippen molar-refractivity contribution in [3.8, 4) is 0 Å². The second-order valence-corrected chi connectivity index (χ2v) is 7.94. The molecule has 0 saturated carbocycles. The molecule has 5 heteroatoms. The van der Waals surface area contributed by atoms with E-state index >= 15 is 0 Å². The summed E-state index contributed by atoms with van der Waals surface area (Å²) in [6, 6.07) is 17.4. The van der Waals surface area contributed by atoms with E-state index in [9.17, 15) is 0 Å². The van der Waals surface area contributed by atoms with Crippen molar-refractivity contribution in [2.24, 2.45) is 0 Å². The van der Waals surface area contributed by atoms with Crippen molar-refractivity contribution in [3.05, 3.63) is 82.7 Å². The number of benzene rings is 2. The van der Waals surface area contributed by atoms with Crippen molar-refractivity contribution in [2.75, 3.05) is 26.2 Å². The van der Waals surface area contributed by atoms with E-state index in [1.54, 1.807) is 0 Å².